The van der Waals surface area contributed by atoms with Crippen LogP contribution >= 0.6 is 0 Å². The molecule has 5 heteroatoms. The Morgan fingerprint density at radius 3 is 2.50 bits per heavy atom. The first-order valence-corrected chi connectivity index (χ1v) is 7.28. The molecule has 5 nitrogen and oxygen atoms in total. The Kier molecular flexibility index (Phi) is 3.38. The molecule has 0 atom stereocenters. The molecule has 3 rings (SSSR count). The molecule has 0 radical (unpaired) electrons. The van der Waals surface area contributed by atoms with Crippen LogP contribution in [0.5, 0.6) is 0 Å². The zero-order chi connectivity index (χ0) is 14.2. The van der Waals surface area contributed by atoms with Crippen molar-refractivity contribution in [2.45, 2.75) is 19.8 Å². The van der Waals surface area contributed by atoms with E-state index in [2.05, 4.69) is 27.1 Å². The van der Waals surface area contributed by atoms with Gasteiger partial charge in [0.25, 0.3) is 0 Å². The van der Waals surface area contributed by atoms with Crippen molar-refractivity contribution >= 4 is 17.4 Å². The SMILES string of the molecule is CN1CCN(c2ccc(NC(=O)C3(C)CC3)nc2)CC1. The van der Waals surface area contributed by atoms with Crippen LogP contribution in [0.25, 0.3) is 0 Å². The average Bonchev–Trinajstić information content (AvgIpc) is 3.20. The van der Waals surface area contributed by atoms with Gasteiger partial charge in [0.1, 0.15) is 5.82 Å². The lowest BCUT2D eigenvalue weighted by atomic mass is 10.1. The molecule has 1 aromatic rings. The van der Waals surface area contributed by atoms with Gasteiger partial charge in [-0.15, -0.1) is 0 Å². The lowest BCUT2D eigenvalue weighted by Gasteiger charge is -2.33. The van der Waals surface area contributed by atoms with Crippen molar-refractivity contribution in [3.8, 4) is 0 Å². The molecule has 1 aliphatic heterocycles. The van der Waals surface area contributed by atoms with Crippen molar-refractivity contribution in [2.24, 2.45) is 5.41 Å². The van der Waals surface area contributed by atoms with Crippen molar-refractivity contribution in [1.82, 2.24) is 9.88 Å². The summed E-state index contributed by atoms with van der Waals surface area (Å²) in [6, 6.07) is 3.94. The van der Waals surface area contributed by atoms with Gasteiger partial charge >= 0.3 is 0 Å². The molecular weight excluding hydrogens is 252 g/mol. The minimum atomic E-state index is -0.155. The van der Waals surface area contributed by atoms with E-state index in [1.165, 1.54) is 0 Å². The van der Waals surface area contributed by atoms with E-state index in [0.717, 1.165) is 44.7 Å². The number of piperazine rings is 1. The fraction of sp³-hybridized carbons (Fsp3) is 0.600. The first-order valence-electron chi connectivity index (χ1n) is 7.28. The molecule has 0 unspecified atom stereocenters. The largest absolute Gasteiger partial charge is 0.368 e. The van der Waals surface area contributed by atoms with E-state index in [0.29, 0.717) is 5.82 Å². The number of aromatic nitrogens is 1. The van der Waals surface area contributed by atoms with Crippen molar-refractivity contribution in [2.75, 3.05) is 43.4 Å². The molecular formula is C15H22N4O. The molecule has 1 amide bonds. The number of nitrogens with zero attached hydrogens (tertiary/aromatic N) is 3. The van der Waals surface area contributed by atoms with Gasteiger partial charge in [-0.25, -0.2) is 4.98 Å². The predicted octanol–water partition coefficient (Wildman–Crippen LogP) is 1.57. The predicted molar refractivity (Wildman–Crippen MR) is 79.9 cm³/mol. The van der Waals surface area contributed by atoms with Crippen LogP contribution in [0, 0.1) is 5.41 Å². The first-order chi connectivity index (χ1) is 9.57. The second kappa shape index (κ2) is 5.05. The number of hydrogen-bond donors (Lipinski definition) is 1. The number of likely N-dealkylation sites (N-methyl/N-ethyl adjacent to an activating group) is 1. The zero-order valence-electron chi connectivity index (χ0n) is 12.2. The van der Waals surface area contributed by atoms with Gasteiger partial charge < -0.3 is 15.1 Å². The molecule has 1 aromatic heterocycles. The Balaban J connectivity index is 1.61. The number of pyridine rings is 1. The summed E-state index contributed by atoms with van der Waals surface area (Å²) in [5.41, 5.74) is 0.978. The van der Waals surface area contributed by atoms with E-state index >= 15 is 0 Å². The Morgan fingerprint density at radius 2 is 1.95 bits per heavy atom. The van der Waals surface area contributed by atoms with Gasteiger partial charge in [-0.05, 0) is 32.0 Å². The third-order valence-corrected chi connectivity index (χ3v) is 4.41. The number of nitrogens with one attached hydrogen (secondary N) is 1. The molecule has 20 heavy (non-hydrogen) atoms. The molecule has 2 aliphatic rings. The molecule has 0 spiro atoms. The lowest BCUT2D eigenvalue weighted by molar-refractivity contribution is -0.120. The Labute approximate surface area is 120 Å². The summed E-state index contributed by atoms with van der Waals surface area (Å²) in [5, 5.41) is 2.90. The molecule has 0 bridgehead atoms. The van der Waals surface area contributed by atoms with Gasteiger partial charge in [-0.3, -0.25) is 4.79 Å². The van der Waals surface area contributed by atoms with E-state index in [4.69, 9.17) is 0 Å². The molecule has 1 saturated heterocycles. The van der Waals surface area contributed by atoms with Crippen molar-refractivity contribution in [3.63, 3.8) is 0 Å². The highest BCUT2D eigenvalue weighted by atomic mass is 16.2. The van der Waals surface area contributed by atoms with E-state index < -0.39 is 0 Å². The van der Waals surface area contributed by atoms with Crippen LogP contribution in [-0.4, -0.2) is 49.0 Å². The van der Waals surface area contributed by atoms with Crippen molar-refractivity contribution in [1.29, 1.82) is 0 Å². The fourth-order valence-electron chi connectivity index (χ4n) is 2.39. The maximum Gasteiger partial charge on any atom is 0.231 e. The van der Waals surface area contributed by atoms with E-state index in [1.54, 1.807) is 0 Å². The monoisotopic (exact) mass is 274 g/mol. The number of amides is 1. The highest BCUT2D eigenvalue weighted by Crippen LogP contribution is 2.45. The molecule has 0 aromatic carbocycles. The van der Waals surface area contributed by atoms with E-state index in [-0.39, 0.29) is 11.3 Å². The summed E-state index contributed by atoms with van der Waals surface area (Å²) >= 11 is 0. The van der Waals surface area contributed by atoms with Gasteiger partial charge in [-0.2, -0.15) is 0 Å². The van der Waals surface area contributed by atoms with Crippen LogP contribution in [0.4, 0.5) is 11.5 Å². The average molecular weight is 274 g/mol. The Hall–Kier alpha value is -1.62. The molecule has 108 valence electrons. The highest BCUT2D eigenvalue weighted by molar-refractivity contribution is 5.96. The standard InChI is InChI=1S/C15H22N4O/c1-15(5-6-15)14(20)17-13-4-3-12(11-16-13)19-9-7-18(2)8-10-19/h3-4,11H,5-10H2,1-2H3,(H,16,17,20). The Bertz CT molecular complexity index is 487. The lowest BCUT2D eigenvalue weighted by Crippen LogP contribution is -2.44. The maximum absolute atomic E-state index is 12.0. The fourth-order valence-corrected chi connectivity index (χ4v) is 2.39. The van der Waals surface area contributed by atoms with Gasteiger partial charge in [0.15, 0.2) is 0 Å². The maximum atomic E-state index is 12.0. The minimum Gasteiger partial charge on any atom is -0.368 e. The quantitative estimate of drug-likeness (QED) is 0.909. The summed E-state index contributed by atoms with van der Waals surface area (Å²) in [7, 11) is 2.15. The topological polar surface area (TPSA) is 48.5 Å². The highest BCUT2D eigenvalue weighted by Gasteiger charge is 2.44. The third kappa shape index (κ3) is 2.77. The summed E-state index contributed by atoms with van der Waals surface area (Å²) in [6.45, 7) is 6.22. The van der Waals surface area contributed by atoms with Crippen LogP contribution in [0.2, 0.25) is 0 Å². The van der Waals surface area contributed by atoms with Crippen LogP contribution < -0.4 is 10.2 Å². The normalized spacial score (nSPS) is 21.6. The number of rotatable bonds is 3. The second-order valence-electron chi connectivity index (χ2n) is 6.21. The zero-order valence-corrected chi connectivity index (χ0v) is 12.2. The molecule has 1 saturated carbocycles. The van der Waals surface area contributed by atoms with Gasteiger partial charge in [0, 0.05) is 31.6 Å². The summed E-state index contributed by atoms with van der Waals surface area (Å²) in [6.07, 6.45) is 3.83. The van der Waals surface area contributed by atoms with Crippen LogP contribution in [0.1, 0.15) is 19.8 Å². The van der Waals surface area contributed by atoms with Gasteiger partial charge in [-0.1, -0.05) is 6.92 Å². The van der Waals surface area contributed by atoms with E-state index in [9.17, 15) is 4.79 Å². The molecule has 2 fully saturated rings. The van der Waals surface area contributed by atoms with Crippen LogP contribution in [0.3, 0.4) is 0 Å². The minimum absolute atomic E-state index is 0.0948. The third-order valence-electron chi connectivity index (χ3n) is 4.41. The smallest absolute Gasteiger partial charge is 0.231 e. The van der Waals surface area contributed by atoms with Crippen LogP contribution in [0.15, 0.2) is 18.3 Å². The summed E-state index contributed by atoms with van der Waals surface area (Å²) in [5.74, 6) is 0.748. The number of hydrogen-bond acceptors (Lipinski definition) is 4. The summed E-state index contributed by atoms with van der Waals surface area (Å²) in [4.78, 5) is 21.0. The molecule has 1 N–H and O–H groups in total. The number of carbonyl (C=O) groups is 1. The van der Waals surface area contributed by atoms with Crippen LogP contribution in [-0.2, 0) is 4.79 Å². The van der Waals surface area contributed by atoms with Crippen molar-refractivity contribution in [3.05, 3.63) is 18.3 Å². The number of carbonyl (C=O) groups excluding carboxylic acids is 1. The summed E-state index contributed by atoms with van der Waals surface area (Å²) < 4.78 is 0. The molecule has 2 heterocycles. The first kappa shape index (κ1) is 13.4. The number of anilines is 2. The van der Waals surface area contributed by atoms with E-state index in [1.807, 2.05) is 25.3 Å². The second-order valence-corrected chi connectivity index (χ2v) is 6.21. The Morgan fingerprint density at radius 1 is 1.25 bits per heavy atom. The van der Waals surface area contributed by atoms with Gasteiger partial charge in [0.2, 0.25) is 5.91 Å². The van der Waals surface area contributed by atoms with Crippen molar-refractivity contribution < 1.29 is 4.79 Å². The molecule has 1 aliphatic carbocycles. The van der Waals surface area contributed by atoms with Gasteiger partial charge in [0.05, 0.1) is 11.9 Å².